The van der Waals surface area contributed by atoms with E-state index in [0.29, 0.717) is 52.3 Å². The Hall–Kier alpha value is -4.50. The molecule has 5 aromatic rings. The minimum atomic E-state index is 0.0522. The fourth-order valence-electron chi connectivity index (χ4n) is 5.41. The second kappa shape index (κ2) is 11.9. The summed E-state index contributed by atoms with van der Waals surface area (Å²) in [6, 6.07) is 22.4. The molecule has 0 saturated carbocycles. The first-order valence-corrected chi connectivity index (χ1v) is 14.0. The van der Waals surface area contributed by atoms with E-state index in [1.165, 1.54) is 0 Å². The summed E-state index contributed by atoms with van der Waals surface area (Å²) in [6.45, 7) is 6.65. The van der Waals surface area contributed by atoms with Gasteiger partial charge in [0.1, 0.15) is 23.6 Å². The lowest BCUT2D eigenvalue weighted by Gasteiger charge is -2.24. The molecule has 0 unspecified atom stereocenters. The van der Waals surface area contributed by atoms with E-state index in [0.717, 1.165) is 56.1 Å². The molecule has 210 valence electrons. The topological polar surface area (TPSA) is 95.5 Å². The molecule has 0 fully saturated rings. The minimum absolute atomic E-state index is 0.0522. The number of amides is 1. The standard InChI is InChI=1S/C32H33N5O4/c1-22-32(23(2)41-34-22)26-10-11-30-27(20-26)19-24-6-5-7-25(18-24)21-36(14-15-39-16-17-40-30)31(38)12-13-37-29-9-4-3-8-28(29)33-35-37/h3-11,18,20H,12-17,19,21H2,1-2H3. The Morgan fingerprint density at radius 1 is 0.951 bits per heavy atom. The van der Waals surface area contributed by atoms with Gasteiger partial charge in [0, 0.05) is 31.5 Å². The maximum absolute atomic E-state index is 13.4. The fourth-order valence-corrected chi connectivity index (χ4v) is 5.41. The average Bonchev–Trinajstić information content (AvgIpc) is 3.55. The molecule has 9 heteroatoms. The van der Waals surface area contributed by atoms with Crippen molar-refractivity contribution in [2.24, 2.45) is 0 Å². The lowest BCUT2D eigenvalue weighted by molar-refractivity contribution is -0.133. The average molecular weight is 552 g/mol. The summed E-state index contributed by atoms with van der Waals surface area (Å²) in [4.78, 5) is 15.3. The molecule has 0 atom stereocenters. The maximum atomic E-state index is 13.4. The zero-order chi connectivity index (χ0) is 28.2. The van der Waals surface area contributed by atoms with Gasteiger partial charge in [0.25, 0.3) is 0 Å². The maximum Gasteiger partial charge on any atom is 0.224 e. The Labute approximate surface area is 238 Å². The van der Waals surface area contributed by atoms with Crippen molar-refractivity contribution in [3.63, 3.8) is 0 Å². The predicted molar refractivity (Wildman–Crippen MR) is 155 cm³/mol. The van der Waals surface area contributed by atoms with Crippen molar-refractivity contribution < 1.29 is 18.8 Å². The molecule has 2 aromatic heterocycles. The van der Waals surface area contributed by atoms with E-state index in [4.69, 9.17) is 14.0 Å². The number of rotatable bonds is 4. The quantitative estimate of drug-likeness (QED) is 0.306. The van der Waals surface area contributed by atoms with Crippen LogP contribution < -0.4 is 4.74 Å². The van der Waals surface area contributed by atoms with E-state index in [-0.39, 0.29) is 5.91 Å². The van der Waals surface area contributed by atoms with Crippen LogP contribution in [0.3, 0.4) is 0 Å². The third-order valence-electron chi connectivity index (χ3n) is 7.44. The highest BCUT2D eigenvalue weighted by Gasteiger charge is 2.18. The number of benzene rings is 3. The number of hydrogen-bond acceptors (Lipinski definition) is 7. The molecule has 1 aliphatic rings. The lowest BCUT2D eigenvalue weighted by atomic mass is 9.96. The number of para-hydroxylation sites is 1. The van der Waals surface area contributed by atoms with Gasteiger partial charge in [0.2, 0.25) is 5.91 Å². The summed E-state index contributed by atoms with van der Waals surface area (Å²) in [7, 11) is 0. The van der Waals surface area contributed by atoms with Crippen LogP contribution in [-0.4, -0.2) is 57.3 Å². The monoisotopic (exact) mass is 551 g/mol. The zero-order valence-electron chi connectivity index (χ0n) is 23.4. The van der Waals surface area contributed by atoms with Crippen molar-refractivity contribution in [2.75, 3.05) is 26.4 Å². The Kier molecular flexibility index (Phi) is 7.78. The molecule has 9 nitrogen and oxygen atoms in total. The molecule has 3 aromatic carbocycles. The Balaban J connectivity index is 1.23. The van der Waals surface area contributed by atoms with E-state index in [1.54, 1.807) is 4.68 Å². The van der Waals surface area contributed by atoms with Crippen molar-refractivity contribution in [2.45, 2.75) is 39.8 Å². The molecule has 2 bridgehead atoms. The van der Waals surface area contributed by atoms with Crippen molar-refractivity contribution >= 4 is 16.9 Å². The van der Waals surface area contributed by atoms with Gasteiger partial charge in [0.05, 0.1) is 31.0 Å². The Morgan fingerprint density at radius 2 is 1.83 bits per heavy atom. The van der Waals surface area contributed by atoms with E-state index >= 15 is 0 Å². The molecule has 0 spiro atoms. The summed E-state index contributed by atoms with van der Waals surface area (Å²) >= 11 is 0. The number of carbonyl (C=O) groups is 1. The van der Waals surface area contributed by atoms with E-state index < -0.39 is 0 Å². The number of carbonyl (C=O) groups excluding carboxylic acids is 1. The normalized spacial score (nSPS) is 14.3. The van der Waals surface area contributed by atoms with Gasteiger partial charge in [-0.05, 0) is 60.4 Å². The van der Waals surface area contributed by atoms with E-state index in [2.05, 4.69) is 51.9 Å². The van der Waals surface area contributed by atoms with E-state index in [1.807, 2.05) is 49.1 Å². The Morgan fingerprint density at radius 3 is 2.71 bits per heavy atom. The Bertz CT molecular complexity index is 1650. The van der Waals surface area contributed by atoms with Crippen LogP contribution in [0.2, 0.25) is 0 Å². The highest BCUT2D eigenvalue weighted by atomic mass is 16.5. The summed E-state index contributed by atoms with van der Waals surface area (Å²) in [5, 5.41) is 12.6. The molecule has 1 amide bonds. The second-order valence-corrected chi connectivity index (χ2v) is 10.3. The molecule has 3 heterocycles. The van der Waals surface area contributed by atoms with Crippen molar-refractivity contribution in [3.8, 4) is 16.9 Å². The predicted octanol–water partition coefficient (Wildman–Crippen LogP) is 5.12. The number of ether oxygens (including phenoxy) is 2. The van der Waals surface area contributed by atoms with Gasteiger partial charge in [-0.3, -0.25) is 4.79 Å². The van der Waals surface area contributed by atoms with Crippen LogP contribution in [0.5, 0.6) is 5.75 Å². The number of hydrogen-bond donors (Lipinski definition) is 0. The van der Waals surface area contributed by atoms with Crippen molar-refractivity contribution in [1.82, 2.24) is 25.1 Å². The van der Waals surface area contributed by atoms with Crippen LogP contribution in [-0.2, 0) is 29.0 Å². The van der Waals surface area contributed by atoms with Crippen LogP contribution in [0.15, 0.2) is 71.3 Å². The third kappa shape index (κ3) is 6.00. The number of nitrogens with zero attached hydrogens (tertiary/aromatic N) is 5. The lowest BCUT2D eigenvalue weighted by Crippen LogP contribution is -2.34. The zero-order valence-corrected chi connectivity index (χ0v) is 23.4. The first-order chi connectivity index (χ1) is 20.0. The van der Waals surface area contributed by atoms with Gasteiger partial charge in [0.15, 0.2) is 0 Å². The smallest absolute Gasteiger partial charge is 0.224 e. The van der Waals surface area contributed by atoms with Gasteiger partial charge in [-0.25, -0.2) is 4.68 Å². The number of fused-ring (bicyclic) bond motifs is 4. The van der Waals surface area contributed by atoms with Gasteiger partial charge in [-0.2, -0.15) is 0 Å². The van der Waals surface area contributed by atoms with Crippen LogP contribution >= 0.6 is 0 Å². The highest BCUT2D eigenvalue weighted by Crippen LogP contribution is 2.32. The summed E-state index contributed by atoms with van der Waals surface area (Å²) in [5.41, 5.74) is 7.97. The van der Waals surface area contributed by atoms with E-state index in [9.17, 15) is 4.79 Å². The van der Waals surface area contributed by atoms with Crippen LogP contribution in [0.4, 0.5) is 0 Å². The molecule has 41 heavy (non-hydrogen) atoms. The molecule has 0 N–H and O–H groups in total. The molecule has 0 radical (unpaired) electrons. The van der Waals surface area contributed by atoms with Crippen LogP contribution in [0.1, 0.15) is 34.6 Å². The number of aromatic nitrogens is 4. The van der Waals surface area contributed by atoms with Gasteiger partial charge >= 0.3 is 0 Å². The minimum Gasteiger partial charge on any atom is -0.491 e. The molecule has 0 aliphatic carbocycles. The molecule has 6 rings (SSSR count). The van der Waals surface area contributed by atoms with Gasteiger partial charge < -0.3 is 18.9 Å². The highest BCUT2D eigenvalue weighted by molar-refractivity contribution is 5.77. The summed E-state index contributed by atoms with van der Waals surface area (Å²) in [5.74, 6) is 1.68. The van der Waals surface area contributed by atoms with Gasteiger partial charge in [-0.1, -0.05) is 52.8 Å². The van der Waals surface area contributed by atoms with Gasteiger partial charge in [-0.15, -0.1) is 5.10 Å². The molecule has 0 saturated heterocycles. The van der Waals surface area contributed by atoms with Crippen LogP contribution in [0.25, 0.3) is 22.2 Å². The second-order valence-electron chi connectivity index (χ2n) is 10.3. The first kappa shape index (κ1) is 26.7. The molecular formula is C32H33N5O4. The first-order valence-electron chi connectivity index (χ1n) is 14.0. The molecule has 1 aliphatic heterocycles. The largest absolute Gasteiger partial charge is 0.491 e. The summed E-state index contributed by atoms with van der Waals surface area (Å²) in [6.07, 6.45) is 1.02. The van der Waals surface area contributed by atoms with Crippen molar-refractivity contribution in [3.05, 3.63) is 94.9 Å². The SMILES string of the molecule is Cc1noc(C)c1-c1ccc2c(c1)Cc1cccc(c1)CN(C(=O)CCn1nnc3ccccc31)CCOCCO2. The summed E-state index contributed by atoms with van der Waals surface area (Å²) < 4.78 is 19.3. The molecular weight excluding hydrogens is 518 g/mol. The fraction of sp³-hybridized carbons (Fsp3) is 0.312. The van der Waals surface area contributed by atoms with Crippen LogP contribution in [0, 0.1) is 13.8 Å². The third-order valence-corrected chi connectivity index (χ3v) is 7.44. The van der Waals surface area contributed by atoms with Crippen molar-refractivity contribution in [1.29, 1.82) is 0 Å². The number of aryl methyl sites for hydroxylation is 3.